The lowest BCUT2D eigenvalue weighted by molar-refractivity contribution is 0.293. The van der Waals surface area contributed by atoms with Crippen molar-refractivity contribution in [1.29, 1.82) is 0 Å². The van der Waals surface area contributed by atoms with Gasteiger partial charge in [0.1, 0.15) is 0 Å². The molecule has 0 bridgehead atoms. The first-order valence-corrected chi connectivity index (χ1v) is 5.95. The van der Waals surface area contributed by atoms with Crippen LogP contribution >= 0.6 is 0 Å². The molecule has 1 spiro atoms. The van der Waals surface area contributed by atoms with Crippen molar-refractivity contribution in [2.24, 2.45) is 5.41 Å². The van der Waals surface area contributed by atoms with Crippen LogP contribution in [-0.2, 0) is 0 Å². The lowest BCUT2D eigenvalue weighted by atomic mass is 9.78. The molecule has 0 aromatic heterocycles. The molecule has 2 atom stereocenters. The van der Waals surface area contributed by atoms with E-state index in [4.69, 9.17) is 0 Å². The zero-order chi connectivity index (χ0) is 9.88. The van der Waals surface area contributed by atoms with Gasteiger partial charge in [0, 0.05) is 30.7 Å². The summed E-state index contributed by atoms with van der Waals surface area (Å²) in [5.74, 6) is 0.773. The predicted octanol–water partition coefficient (Wildman–Crippen LogP) is 1.95. The van der Waals surface area contributed by atoms with Crippen molar-refractivity contribution in [2.75, 3.05) is 18.4 Å². The van der Waals surface area contributed by atoms with Gasteiger partial charge in [-0.25, -0.2) is 0 Å². The maximum absolute atomic E-state index is 3.67. The Morgan fingerprint density at radius 2 is 2.07 bits per heavy atom. The van der Waals surface area contributed by atoms with Gasteiger partial charge in [0.05, 0.1) is 0 Å². The molecule has 1 aromatic rings. The monoisotopic (exact) mass is 200 g/mol. The minimum absolute atomic E-state index is 0.600. The predicted molar refractivity (Wildman–Crippen MR) is 61.1 cm³/mol. The van der Waals surface area contributed by atoms with E-state index in [1.165, 1.54) is 25.1 Å². The molecular formula is C13H16N2. The molecule has 1 saturated heterocycles. The number of para-hydroxylation sites is 1. The summed E-state index contributed by atoms with van der Waals surface area (Å²) >= 11 is 0. The average molecular weight is 200 g/mol. The molecule has 78 valence electrons. The van der Waals surface area contributed by atoms with E-state index in [0.29, 0.717) is 11.5 Å². The number of piperidine rings is 1. The van der Waals surface area contributed by atoms with Gasteiger partial charge < -0.3 is 10.6 Å². The Kier molecular flexibility index (Phi) is 1.39. The minimum atomic E-state index is 0.600. The number of hydrogen-bond acceptors (Lipinski definition) is 2. The Balaban J connectivity index is 1.84. The molecule has 0 amide bonds. The summed E-state index contributed by atoms with van der Waals surface area (Å²) in [6.45, 7) is 2.35. The molecule has 2 heterocycles. The smallest absolute Gasteiger partial charge is 0.0461 e. The molecule has 2 N–H and O–H groups in total. The summed E-state index contributed by atoms with van der Waals surface area (Å²) in [5, 5.41) is 7.25. The van der Waals surface area contributed by atoms with Crippen molar-refractivity contribution >= 4 is 5.69 Å². The van der Waals surface area contributed by atoms with Crippen LogP contribution in [0.15, 0.2) is 24.3 Å². The summed E-state index contributed by atoms with van der Waals surface area (Å²) in [5.41, 5.74) is 3.55. The van der Waals surface area contributed by atoms with Crippen LogP contribution in [0.3, 0.4) is 0 Å². The molecule has 1 saturated carbocycles. The summed E-state index contributed by atoms with van der Waals surface area (Å²) < 4.78 is 0. The van der Waals surface area contributed by atoms with E-state index in [2.05, 4.69) is 34.9 Å². The van der Waals surface area contributed by atoms with Crippen LogP contribution in [0.5, 0.6) is 0 Å². The number of rotatable bonds is 0. The minimum Gasteiger partial charge on any atom is -0.380 e. The second-order valence-corrected chi connectivity index (χ2v) is 5.31. The van der Waals surface area contributed by atoms with E-state index in [1.807, 2.05) is 0 Å². The van der Waals surface area contributed by atoms with Gasteiger partial charge in [-0.1, -0.05) is 18.2 Å². The van der Waals surface area contributed by atoms with Crippen molar-refractivity contribution < 1.29 is 0 Å². The van der Waals surface area contributed by atoms with E-state index in [-0.39, 0.29) is 0 Å². The number of fused-ring (bicyclic) bond motifs is 4. The summed E-state index contributed by atoms with van der Waals surface area (Å²) in [6.07, 6.45) is 2.83. The molecule has 1 aromatic carbocycles. The third-order valence-electron chi connectivity index (χ3n) is 4.43. The van der Waals surface area contributed by atoms with Crippen LogP contribution in [0.2, 0.25) is 0 Å². The van der Waals surface area contributed by atoms with E-state index >= 15 is 0 Å². The van der Waals surface area contributed by atoms with E-state index < -0.39 is 0 Å². The average Bonchev–Trinajstić information content (AvgIpc) is 2.92. The first-order chi connectivity index (χ1) is 7.39. The van der Waals surface area contributed by atoms with Crippen LogP contribution in [-0.4, -0.2) is 19.1 Å². The number of benzene rings is 1. The normalized spacial score (nSPS) is 34.4. The molecule has 2 nitrogen and oxygen atoms in total. The second kappa shape index (κ2) is 2.56. The molecule has 3 aliphatic rings. The highest BCUT2D eigenvalue weighted by molar-refractivity contribution is 5.61. The molecule has 4 rings (SSSR count). The largest absolute Gasteiger partial charge is 0.380 e. The fraction of sp³-hybridized carbons (Fsp3) is 0.538. The van der Waals surface area contributed by atoms with Crippen LogP contribution in [0.4, 0.5) is 5.69 Å². The Hall–Kier alpha value is -1.02. The second-order valence-electron chi connectivity index (χ2n) is 5.31. The molecule has 15 heavy (non-hydrogen) atoms. The van der Waals surface area contributed by atoms with Crippen LogP contribution in [0, 0.1) is 5.41 Å². The molecule has 2 aliphatic heterocycles. The Labute approximate surface area is 90.1 Å². The zero-order valence-corrected chi connectivity index (χ0v) is 8.79. The molecule has 0 radical (unpaired) electrons. The van der Waals surface area contributed by atoms with Gasteiger partial charge in [0.25, 0.3) is 0 Å². The quantitative estimate of drug-likeness (QED) is 0.669. The van der Waals surface area contributed by atoms with E-state index in [0.717, 1.165) is 12.5 Å². The summed E-state index contributed by atoms with van der Waals surface area (Å²) in [6, 6.07) is 9.50. The Morgan fingerprint density at radius 1 is 1.20 bits per heavy atom. The first-order valence-electron chi connectivity index (χ1n) is 5.95. The Morgan fingerprint density at radius 3 is 2.93 bits per heavy atom. The van der Waals surface area contributed by atoms with Crippen molar-refractivity contribution in [3.05, 3.63) is 29.8 Å². The lowest BCUT2D eigenvalue weighted by Crippen LogP contribution is -2.47. The van der Waals surface area contributed by atoms with Crippen molar-refractivity contribution in [3.63, 3.8) is 0 Å². The van der Waals surface area contributed by atoms with Crippen molar-refractivity contribution in [1.82, 2.24) is 5.32 Å². The van der Waals surface area contributed by atoms with Gasteiger partial charge >= 0.3 is 0 Å². The molecule has 2 heteroatoms. The van der Waals surface area contributed by atoms with Gasteiger partial charge in [-0.3, -0.25) is 0 Å². The highest BCUT2D eigenvalue weighted by Crippen LogP contribution is 2.61. The third kappa shape index (κ3) is 0.979. The topological polar surface area (TPSA) is 24.1 Å². The van der Waals surface area contributed by atoms with Gasteiger partial charge in [-0.15, -0.1) is 0 Å². The zero-order valence-electron chi connectivity index (χ0n) is 8.79. The number of nitrogens with one attached hydrogen (secondary N) is 2. The van der Waals surface area contributed by atoms with Crippen LogP contribution < -0.4 is 10.6 Å². The standard InChI is InChI=1S/C13H16N2/c1-2-4-10-9(3-1)12-11(15-10)7-14-8-13(12)5-6-13/h1-4,11-12,14-15H,5-8H2. The molecular weight excluding hydrogens is 184 g/mol. The fourth-order valence-electron chi connectivity index (χ4n) is 3.56. The third-order valence-corrected chi connectivity index (χ3v) is 4.43. The maximum Gasteiger partial charge on any atom is 0.0461 e. The van der Waals surface area contributed by atoms with Gasteiger partial charge in [0.15, 0.2) is 0 Å². The summed E-state index contributed by atoms with van der Waals surface area (Å²) in [7, 11) is 0. The lowest BCUT2D eigenvalue weighted by Gasteiger charge is -2.35. The van der Waals surface area contributed by atoms with Gasteiger partial charge in [0.2, 0.25) is 0 Å². The number of hydrogen-bond donors (Lipinski definition) is 2. The van der Waals surface area contributed by atoms with Gasteiger partial charge in [-0.2, -0.15) is 0 Å². The first kappa shape index (κ1) is 8.17. The Bertz CT molecular complexity index is 409. The van der Waals surface area contributed by atoms with E-state index in [1.54, 1.807) is 5.56 Å². The fourth-order valence-corrected chi connectivity index (χ4v) is 3.56. The molecule has 1 aliphatic carbocycles. The van der Waals surface area contributed by atoms with Crippen LogP contribution in [0.25, 0.3) is 0 Å². The maximum atomic E-state index is 3.67. The molecule has 2 fully saturated rings. The number of anilines is 1. The highest BCUT2D eigenvalue weighted by atomic mass is 15.1. The summed E-state index contributed by atoms with van der Waals surface area (Å²) in [4.78, 5) is 0. The van der Waals surface area contributed by atoms with E-state index in [9.17, 15) is 0 Å². The highest BCUT2D eigenvalue weighted by Gasteiger charge is 2.56. The van der Waals surface area contributed by atoms with Gasteiger partial charge in [-0.05, 0) is 29.9 Å². The van der Waals surface area contributed by atoms with Crippen molar-refractivity contribution in [3.8, 4) is 0 Å². The SMILES string of the molecule is c1ccc2c(c1)NC1CNCC3(CC3)C21. The van der Waals surface area contributed by atoms with Crippen molar-refractivity contribution in [2.45, 2.75) is 24.8 Å². The van der Waals surface area contributed by atoms with Crippen LogP contribution in [0.1, 0.15) is 24.3 Å². The molecule has 2 unspecified atom stereocenters.